The first-order valence-corrected chi connectivity index (χ1v) is 5.65. The highest BCUT2D eigenvalue weighted by Gasteiger charge is 2.56. The number of amides is 1. The molecule has 17 heavy (non-hydrogen) atoms. The number of carbonyl (C=O) groups excluding carboxylic acids is 2. The van der Waals surface area contributed by atoms with E-state index in [9.17, 15) is 9.59 Å². The first-order chi connectivity index (χ1) is 8.08. The summed E-state index contributed by atoms with van der Waals surface area (Å²) >= 11 is 0. The molecular weight excluding hydrogens is 218 g/mol. The highest BCUT2D eigenvalue weighted by molar-refractivity contribution is 6.05. The zero-order chi connectivity index (χ0) is 12.5. The van der Waals surface area contributed by atoms with Crippen molar-refractivity contribution in [1.29, 1.82) is 0 Å². The molecule has 0 aliphatic carbocycles. The summed E-state index contributed by atoms with van der Waals surface area (Å²) < 4.78 is 5.57. The van der Waals surface area contributed by atoms with Crippen molar-refractivity contribution in [3.05, 3.63) is 30.3 Å². The highest BCUT2D eigenvalue weighted by Crippen LogP contribution is 2.27. The summed E-state index contributed by atoms with van der Waals surface area (Å²) in [4.78, 5) is 23.2. The highest BCUT2D eigenvalue weighted by atomic mass is 16.5. The topological polar surface area (TPSA) is 55.4 Å². The molecule has 4 heteroatoms. The fourth-order valence-electron chi connectivity index (χ4n) is 1.96. The number of hydrogen-bond acceptors (Lipinski definition) is 3. The van der Waals surface area contributed by atoms with Crippen molar-refractivity contribution in [3.8, 4) is 5.75 Å². The first kappa shape index (κ1) is 11.6. The molecule has 2 atom stereocenters. The summed E-state index contributed by atoms with van der Waals surface area (Å²) in [5.74, 6) is 0.346. The first-order valence-electron chi connectivity index (χ1n) is 5.65. The van der Waals surface area contributed by atoms with E-state index in [0.29, 0.717) is 12.2 Å². The third-order valence-corrected chi connectivity index (χ3v) is 3.04. The Bertz CT molecular complexity index is 443. The fourth-order valence-corrected chi connectivity index (χ4v) is 1.96. The standard InChI is InChI=1S/C13H15NO3/c1-3-10(15)13(2)11(12(16)14-13)17-9-7-5-4-6-8-9/h4-8,11H,3H2,1-2H3,(H,14,16)/t11-,13-/m1/s1. The van der Waals surface area contributed by atoms with E-state index < -0.39 is 11.6 Å². The van der Waals surface area contributed by atoms with Gasteiger partial charge in [-0.2, -0.15) is 0 Å². The Morgan fingerprint density at radius 2 is 2.06 bits per heavy atom. The number of nitrogens with one attached hydrogen (secondary N) is 1. The molecule has 1 aromatic rings. The Morgan fingerprint density at radius 1 is 1.41 bits per heavy atom. The van der Waals surface area contributed by atoms with E-state index >= 15 is 0 Å². The second-order valence-corrected chi connectivity index (χ2v) is 4.28. The van der Waals surface area contributed by atoms with Crippen LogP contribution in [-0.4, -0.2) is 23.3 Å². The fraction of sp³-hybridized carbons (Fsp3) is 0.385. The molecule has 0 aromatic heterocycles. The molecule has 0 spiro atoms. The normalized spacial score (nSPS) is 26.9. The number of ketones is 1. The lowest BCUT2D eigenvalue weighted by atomic mass is 9.80. The van der Waals surface area contributed by atoms with Crippen LogP contribution < -0.4 is 10.1 Å². The van der Waals surface area contributed by atoms with Crippen molar-refractivity contribution in [2.45, 2.75) is 31.9 Å². The predicted octanol–water partition coefficient (Wildman–Crippen LogP) is 1.30. The SMILES string of the molecule is CCC(=O)[C@@]1(C)NC(=O)[C@H]1Oc1ccccc1. The van der Waals surface area contributed by atoms with Gasteiger partial charge < -0.3 is 10.1 Å². The van der Waals surface area contributed by atoms with E-state index in [-0.39, 0.29) is 11.7 Å². The van der Waals surface area contributed by atoms with E-state index in [1.54, 1.807) is 26.0 Å². The molecule has 0 unspecified atom stereocenters. The van der Waals surface area contributed by atoms with Crippen LogP contribution in [0.3, 0.4) is 0 Å². The number of benzene rings is 1. The lowest BCUT2D eigenvalue weighted by Crippen LogP contribution is -2.76. The molecule has 90 valence electrons. The number of para-hydroxylation sites is 1. The van der Waals surface area contributed by atoms with Gasteiger partial charge in [0.2, 0.25) is 6.10 Å². The second-order valence-electron chi connectivity index (χ2n) is 4.28. The Hall–Kier alpha value is -1.84. The maximum absolute atomic E-state index is 11.8. The van der Waals surface area contributed by atoms with Gasteiger partial charge >= 0.3 is 0 Å². The van der Waals surface area contributed by atoms with E-state index in [2.05, 4.69) is 5.32 Å². The summed E-state index contributed by atoms with van der Waals surface area (Å²) in [6.45, 7) is 3.48. The van der Waals surface area contributed by atoms with Gasteiger partial charge in [-0.05, 0) is 19.1 Å². The summed E-state index contributed by atoms with van der Waals surface area (Å²) in [6, 6.07) is 9.05. The molecule has 1 fully saturated rings. The number of β-lactam (4-membered cyclic amide) rings is 1. The van der Waals surface area contributed by atoms with Gasteiger partial charge in [0.05, 0.1) is 0 Å². The summed E-state index contributed by atoms with van der Waals surface area (Å²) in [6.07, 6.45) is -0.344. The molecule has 1 heterocycles. The molecule has 2 rings (SSSR count). The molecule has 1 aromatic carbocycles. The van der Waals surface area contributed by atoms with Crippen LogP contribution in [0.4, 0.5) is 0 Å². The zero-order valence-corrected chi connectivity index (χ0v) is 9.90. The lowest BCUT2D eigenvalue weighted by molar-refractivity contribution is -0.155. The minimum Gasteiger partial charge on any atom is -0.478 e. The van der Waals surface area contributed by atoms with E-state index in [1.807, 2.05) is 18.2 Å². The predicted molar refractivity (Wildman–Crippen MR) is 62.7 cm³/mol. The smallest absolute Gasteiger partial charge is 0.264 e. The molecule has 1 saturated heterocycles. The van der Waals surface area contributed by atoms with Gasteiger partial charge in [0, 0.05) is 6.42 Å². The summed E-state index contributed by atoms with van der Waals surface area (Å²) in [5, 5.41) is 2.63. The van der Waals surface area contributed by atoms with Crippen LogP contribution in [0.5, 0.6) is 5.75 Å². The van der Waals surface area contributed by atoms with Gasteiger partial charge in [0.15, 0.2) is 5.78 Å². The van der Waals surface area contributed by atoms with Crippen molar-refractivity contribution in [1.82, 2.24) is 5.32 Å². The van der Waals surface area contributed by atoms with Crippen molar-refractivity contribution in [3.63, 3.8) is 0 Å². The molecule has 1 N–H and O–H groups in total. The van der Waals surface area contributed by atoms with Crippen LogP contribution in [0.25, 0.3) is 0 Å². The minimum atomic E-state index is -0.887. The maximum Gasteiger partial charge on any atom is 0.264 e. The van der Waals surface area contributed by atoms with Crippen LogP contribution in [0.2, 0.25) is 0 Å². The molecular formula is C13H15NO3. The van der Waals surface area contributed by atoms with Gasteiger partial charge in [-0.25, -0.2) is 0 Å². The van der Waals surface area contributed by atoms with Crippen LogP contribution in [0.1, 0.15) is 20.3 Å². The number of carbonyl (C=O) groups is 2. The Morgan fingerprint density at radius 3 is 2.59 bits per heavy atom. The van der Waals surface area contributed by atoms with Crippen molar-refractivity contribution in [2.75, 3.05) is 0 Å². The van der Waals surface area contributed by atoms with E-state index in [1.165, 1.54) is 0 Å². The van der Waals surface area contributed by atoms with Crippen LogP contribution in [-0.2, 0) is 9.59 Å². The molecule has 1 aliphatic heterocycles. The van der Waals surface area contributed by atoms with Gasteiger partial charge in [-0.3, -0.25) is 9.59 Å². The molecule has 0 bridgehead atoms. The van der Waals surface area contributed by atoms with Crippen molar-refractivity contribution in [2.24, 2.45) is 0 Å². The van der Waals surface area contributed by atoms with E-state index in [0.717, 1.165) is 0 Å². The monoisotopic (exact) mass is 233 g/mol. The Balaban J connectivity index is 2.15. The third-order valence-electron chi connectivity index (χ3n) is 3.04. The maximum atomic E-state index is 11.8. The Labute approximate surface area is 100.0 Å². The van der Waals surface area contributed by atoms with Crippen LogP contribution >= 0.6 is 0 Å². The van der Waals surface area contributed by atoms with Crippen LogP contribution in [0, 0.1) is 0 Å². The molecule has 1 aliphatic rings. The van der Waals surface area contributed by atoms with Gasteiger partial charge in [0.25, 0.3) is 5.91 Å². The lowest BCUT2D eigenvalue weighted by Gasteiger charge is -2.44. The summed E-state index contributed by atoms with van der Waals surface area (Å²) in [5.41, 5.74) is -0.887. The number of ether oxygens (including phenoxy) is 1. The van der Waals surface area contributed by atoms with E-state index in [4.69, 9.17) is 4.74 Å². The van der Waals surface area contributed by atoms with Gasteiger partial charge in [-0.15, -0.1) is 0 Å². The Kier molecular flexibility index (Phi) is 2.88. The average Bonchev–Trinajstić information content (AvgIpc) is 2.36. The molecule has 4 nitrogen and oxygen atoms in total. The third kappa shape index (κ3) is 1.90. The zero-order valence-electron chi connectivity index (χ0n) is 9.90. The minimum absolute atomic E-state index is 0.0157. The number of hydrogen-bond donors (Lipinski definition) is 1. The van der Waals surface area contributed by atoms with Gasteiger partial charge in [-0.1, -0.05) is 25.1 Å². The largest absolute Gasteiger partial charge is 0.478 e. The second kappa shape index (κ2) is 4.20. The average molecular weight is 233 g/mol. The van der Waals surface area contributed by atoms with Crippen molar-refractivity contribution < 1.29 is 14.3 Å². The quantitative estimate of drug-likeness (QED) is 0.797. The molecule has 0 saturated carbocycles. The molecule has 0 radical (unpaired) electrons. The molecule has 1 amide bonds. The van der Waals surface area contributed by atoms with Gasteiger partial charge in [0.1, 0.15) is 11.3 Å². The number of rotatable bonds is 4. The number of Topliss-reactive ketones (excluding diaryl/α,β-unsaturated/α-hetero) is 1. The van der Waals surface area contributed by atoms with Crippen molar-refractivity contribution >= 4 is 11.7 Å². The van der Waals surface area contributed by atoms with Crippen LogP contribution in [0.15, 0.2) is 30.3 Å². The summed E-state index contributed by atoms with van der Waals surface area (Å²) in [7, 11) is 0.